The van der Waals surface area contributed by atoms with E-state index in [9.17, 15) is 0 Å². The van der Waals surface area contributed by atoms with Gasteiger partial charge in [-0.05, 0) is 26.3 Å². The molecule has 6 nitrogen and oxygen atoms in total. The largest absolute Gasteiger partial charge is 0.372 e. The monoisotopic (exact) mass is 288 g/mol. The third kappa shape index (κ3) is 2.85. The van der Waals surface area contributed by atoms with Gasteiger partial charge in [-0.2, -0.15) is 5.10 Å². The quantitative estimate of drug-likeness (QED) is 0.938. The van der Waals surface area contributed by atoms with Gasteiger partial charge in [0.05, 0.1) is 18.1 Å². The molecule has 1 atom stereocenters. The van der Waals surface area contributed by atoms with E-state index in [0.29, 0.717) is 6.04 Å². The molecule has 6 heteroatoms. The Balaban J connectivity index is 1.90. The summed E-state index contributed by atoms with van der Waals surface area (Å²) in [5.41, 5.74) is 0.895. The van der Waals surface area contributed by atoms with Crippen LogP contribution in [0.5, 0.6) is 0 Å². The highest BCUT2D eigenvalue weighted by molar-refractivity contribution is 5.86. The normalized spacial score (nSPS) is 20.6. The zero-order valence-corrected chi connectivity index (χ0v) is 13.1. The van der Waals surface area contributed by atoms with Crippen molar-refractivity contribution in [3.63, 3.8) is 0 Å². The number of rotatable bonds is 3. The molecule has 3 heterocycles. The Morgan fingerprint density at radius 1 is 1.29 bits per heavy atom. The Morgan fingerprint density at radius 2 is 2.14 bits per heavy atom. The standard InChI is InChI=1S/C15H24N6/c1-11-7-5-4-6-8-21(11)10-13-18-14(16-2)12-9-17-20(3)15(12)19-13/h9,11H,4-8,10H2,1-3H3,(H,16,18,19). The van der Waals surface area contributed by atoms with Gasteiger partial charge in [0, 0.05) is 20.1 Å². The topological polar surface area (TPSA) is 58.9 Å². The smallest absolute Gasteiger partial charge is 0.163 e. The van der Waals surface area contributed by atoms with Crippen LogP contribution in [0.2, 0.25) is 0 Å². The van der Waals surface area contributed by atoms with Crippen molar-refractivity contribution in [3.8, 4) is 0 Å². The lowest BCUT2D eigenvalue weighted by atomic mass is 10.1. The third-order valence-electron chi connectivity index (χ3n) is 4.41. The van der Waals surface area contributed by atoms with Crippen molar-refractivity contribution < 1.29 is 0 Å². The maximum atomic E-state index is 4.71. The van der Waals surface area contributed by atoms with Gasteiger partial charge in [-0.3, -0.25) is 9.58 Å². The van der Waals surface area contributed by atoms with Crippen LogP contribution in [0.3, 0.4) is 0 Å². The van der Waals surface area contributed by atoms with E-state index in [1.165, 1.54) is 25.7 Å². The highest BCUT2D eigenvalue weighted by Gasteiger charge is 2.19. The zero-order valence-electron chi connectivity index (χ0n) is 13.1. The third-order valence-corrected chi connectivity index (χ3v) is 4.41. The lowest BCUT2D eigenvalue weighted by molar-refractivity contribution is 0.200. The SMILES string of the molecule is CNc1nc(CN2CCCCCC2C)nc2c1cnn2C. The molecule has 1 fully saturated rings. The molecule has 1 saturated heterocycles. The molecule has 0 saturated carbocycles. The molecule has 1 aliphatic rings. The number of fused-ring (bicyclic) bond motifs is 1. The maximum Gasteiger partial charge on any atom is 0.163 e. The Morgan fingerprint density at radius 3 is 2.95 bits per heavy atom. The van der Waals surface area contributed by atoms with Gasteiger partial charge < -0.3 is 5.32 Å². The van der Waals surface area contributed by atoms with Crippen LogP contribution in [0.1, 0.15) is 38.4 Å². The molecule has 0 bridgehead atoms. The average molecular weight is 288 g/mol. The minimum atomic E-state index is 0.608. The summed E-state index contributed by atoms with van der Waals surface area (Å²) in [6.07, 6.45) is 7.04. The van der Waals surface area contributed by atoms with Gasteiger partial charge in [0.2, 0.25) is 0 Å². The van der Waals surface area contributed by atoms with Crippen molar-refractivity contribution in [3.05, 3.63) is 12.0 Å². The van der Waals surface area contributed by atoms with Crippen molar-refractivity contribution in [1.82, 2.24) is 24.6 Å². The van der Waals surface area contributed by atoms with Gasteiger partial charge in [0.15, 0.2) is 5.65 Å². The molecule has 0 spiro atoms. The Labute approximate surface area is 125 Å². The number of nitrogens with zero attached hydrogens (tertiary/aromatic N) is 5. The summed E-state index contributed by atoms with van der Waals surface area (Å²) in [5.74, 6) is 1.75. The molecule has 0 amide bonds. The highest BCUT2D eigenvalue weighted by atomic mass is 15.3. The van der Waals surface area contributed by atoms with Crippen molar-refractivity contribution in [2.75, 3.05) is 18.9 Å². The first-order chi connectivity index (χ1) is 10.2. The predicted octanol–water partition coefficient (Wildman–Crippen LogP) is 2.17. The second-order valence-electron chi connectivity index (χ2n) is 5.91. The fourth-order valence-electron chi connectivity index (χ4n) is 3.08. The van der Waals surface area contributed by atoms with Crippen LogP contribution in [0.25, 0.3) is 11.0 Å². The summed E-state index contributed by atoms with van der Waals surface area (Å²) in [7, 11) is 3.82. The minimum Gasteiger partial charge on any atom is -0.372 e. The van der Waals surface area contributed by atoms with Crippen LogP contribution in [0.4, 0.5) is 5.82 Å². The molecule has 1 aliphatic heterocycles. The van der Waals surface area contributed by atoms with Crippen molar-refractivity contribution >= 4 is 16.9 Å². The molecular weight excluding hydrogens is 264 g/mol. The molecule has 21 heavy (non-hydrogen) atoms. The van der Waals surface area contributed by atoms with E-state index in [2.05, 4.69) is 27.2 Å². The number of anilines is 1. The van der Waals surface area contributed by atoms with Crippen molar-refractivity contribution in [1.29, 1.82) is 0 Å². The fraction of sp³-hybridized carbons (Fsp3) is 0.667. The van der Waals surface area contributed by atoms with E-state index >= 15 is 0 Å². The first-order valence-electron chi connectivity index (χ1n) is 7.79. The van der Waals surface area contributed by atoms with Crippen molar-refractivity contribution in [2.24, 2.45) is 7.05 Å². The van der Waals surface area contributed by atoms with Crippen LogP contribution in [0, 0.1) is 0 Å². The second-order valence-corrected chi connectivity index (χ2v) is 5.91. The van der Waals surface area contributed by atoms with E-state index in [0.717, 1.165) is 35.8 Å². The number of nitrogens with one attached hydrogen (secondary N) is 1. The van der Waals surface area contributed by atoms with E-state index < -0.39 is 0 Å². The van der Waals surface area contributed by atoms with Gasteiger partial charge in [-0.25, -0.2) is 9.97 Å². The summed E-state index contributed by atoms with van der Waals surface area (Å²) < 4.78 is 1.81. The van der Waals surface area contributed by atoms with Crippen LogP contribution in [-0.2, 0) is 13.6 Å². The number of aromatic nitrogens is 4. The summed E-state index contributed by atoms with van der Waals surface area (Å²) in [6.45, 7) is 4.27. The molecule has 0 aromatic carbocycles. The van der Waals surface area contributed by atoms with E-state index in [1.54, 1.807) is 0 Å². The van der Waals surface area contributed by atoms with Crippen LogP contribution in [-0.4, -0.2) is 44.3 Å². The lowest BCUT2D eigenvalue weighted by Crippen LogP contribution is -2.32. The van der Waals surface area contributed by atoms with Crippen molar-refractivity contribution in [2.45, 2.75) is 45.2 Å². The number of hydrogen-bond acceptors (Lipinski definition) is 5. The van der Waals surface area contributed by atoms with Gasteiger partial charge in [0.25, 0.3) is 0 Å². The van der Waals surface area contributed by atoms with Gasteiger partial charge in [0.1, 0.15) is 11.6 Å². The molecule has 2 aromatic rings. The molecule has 3 rings (SSSR count). The van der Waals surface area contributed by atoms with E-state index in [1.807, 2.05) is 25.0 Å². The predicted molar refractivity (Wildman–Crippen MR) is 84.2 cm³/mol. The van der Waals surface area contributed by atoms with Gasteiger partial charge in [-0.1, -0.05) is 12.8 Å². The van der Waals surface area contributed by atoms with Crippen LogP contribution < -0.4 is 5.32 Å². The minimum absolute atomic E-state index is 0.608. The van der Waals surface area contributed by atoms with Crippen LogP contribution >= 0.6 is 0 Å². The Kier molecular flexibility index (Phi) is 4.05. The molecule has 1 N–H and O–H groups in total. The Hall–Kier alpha value is -1.69. The molecule has 1 unspecified atom stereocenters. The van der Waals surface area contributed by atoms with Gasteiger partial charge >= 0.3 is 0 Å². The number of hydrogen-bond donors (Lipinski definition) is 1. The first-order valence-corrected chi connectivity index (χ1v) is 7.79. The lowest BCUT2D eigenvalue weighted by Gasteiger charge is -2.26. The van der Waals surface area contributed by atoms with Gasteiger partial charge in [-0.15, -0.1) is 0 Å². The summed E-state index contributed by atoms with van der Waals surface area (Å²) in [6, 6.07) is 0.608. The summed E-state index contributed by atoms with van der Waals surface area (Å²) in [4.78, 5) is 11.9. The maximum absolute atomic E-state index is 4.71. The summed E-state index contributed by atoms with van der Waals surface area (Å²) in [5, 5.41) is 8.42. The molecular formula is C15H24N6. The molecule has 0 radical (unpaired) electrons. The summed E-state index contributed by atoms with van der Waals surface area (Å²) >= 11 is 0. The molecule has 114 valence electrons. The first kappa shape index (κ1) is 14.3. The van der Waals surface area contributed by atoms with Crippen LogP contribution in [0.15, 0.2) is 6.20 Å². The van der Waals surface area contributed by atoms with E-state index in [-0.39, 0.29) is 0 Å². The highest BCUT2D eigenvalue weighted by Crippen LogP contribution is 2.22. The fourth-order valence-corrected chi connectivity index (χ4v) is 3.08. The Bertz CT molecular complexity index is 620. The number of likely N-dealkylation sites (tertiary alicyclic amines) is 1. The average Bonchev–Trinajstić information content (AvgIpc) is 2.74. The number of aryl methyl sites for hydroxylation is 1. The second kappa shape index (κ2) is 5.97. The van der Waals surface area contributed by atoms with E-state index in [4.69, 9.17) is 4.98 Å². The molecule has 0 aliphatic carbocycles. The zero-order chi connectivity index (χ0) is 14.8. The molecule has 2 aromatic heterocycles.